The molecule has 0 radical (unpaired) electrons. The van der Waals surface area contributed by atoms with Crippen molar-refractivity contribution in [1.82, 2.24) is 19.1 Å². The van der Waals surface area contributed by atoms with Crippen LogP contribution in [0.15, 0.2) is 59.5 Å². The Morgan fingerprint density at radius 3 is 2.42 bits per heavy atom. The van der Waals surface area contributed by atoms with Gasteiger partial charge in [0.2, 0.25) is 5.95 Å². The van der Waals surface area contributed by atoms with Crippen molar-refractivity contribution in [2.45, 2.75) is 31.7 Å². The van der Waals surface area contributed by atoms with Gasteiger partial charge in [-0.25, -0.2) is 19.3 Å². The molecule has 0 amide bonds. The first kappa shape index (κ1) is 19.4. The zero-order chi connectivity index (χ0) is 21.4. The molecule has 2 heterocycles. The topological polar surface area (TPSA) is 71.2 Å². The molecule has 5 rings (SSSR count). The van der Waals surface area contributed by atoms with E-state index in [4.69, 9.17) is 14.5 Å². The summed E-state index contributed by atoms with van der Waals surface area (Å²) in [7, 11) is 3.21. The Balaban J connectivity index is 1.66. The lowest BCUT2D eigenvalue weighted by molar-refractivity contribution is 0.355. The SMILES string of the molecule is COc1ccc(-c2ccnc(-n3c(=O)n(C4CCCC4)c4ccccc43)n2)cc1OC. The van der Waals surface area contributed by atoms with Gasteiger partial charge in [-0.2, -0.15) is 0 Å². The van der Waals surface area contributed by atoms with E-state index in [1.807, 2.05) is 53.1 Å². The van der Waals surface area contributed by atoms with Crippen LogP contribution < -0.4 is 15.2 Å². The van der Waals surface area contributed by atoms with Gasteiger partial charge in [-0.05, 0) is 49.2 Å². The van der Waals surface area contributed by atoms with Gasteiger partial charge in [0.15, 0.2) is 11.5 Å². The number of hydrogen-bond donors (Lipinski definition) is 0. The molecule has 0 bridgehead atoms. The van der Waals surface area contributed by atoms with Crippen molar-refractivity contribution in [1.29, 1.82) is 0 Å². The Morgan fingerprint density at radius 2 is 1.68 bits per heavy atom. The van der Waals surface area contributed by atoms with Gasteiger partial charge in [0.25, 0.3) is 0 Å². The number of nitrogens with zero attached hydrogens (tertiary/aromatic N) is 4. The summed E-state index contributed by atoms with van der Waals surface area (Å²) in [4.78, 5) is 22.7. The predicted octanol–water partition coefficient (Wildman–Crippen LogP) is 4.38. The van der Waals surface area contributed by atoms with Gasteiger partial charge in [0.05, 0.1) is 30.9 Å². The maximum Gasteiger partial charge on any atom is 0.336 e. The molecular weight excluding hydrogens is 392 g/mol. The molecule has 1 fully saturated rings. The quantitative estimate of drug-likeness (QED) is 0.483. The summed E-state index contributed by atoms with van der Waals surface area (Å²) in [5.74, 6) is 1.64. The minimum Gasteiger partial charge on any atom is -0.493 e. The number of para-hydroxylation sites is 2. The molecule has 2 aromatic heterocycles. The number of fused-ring (bicyclic) bond motifs is 1. The van der Waals surface area contributed by atoms with E-state index >= 15 is 0 Å². The molecule has 1 aliphatic carbocycles. The normalized spacial score (nSPS) is 14.3. The molecule has 158 valence electrons. The highest BCUT2D eigenvalue weighted by Gasteiger charge is 2.24. The number of imidazole rings is 1. The minimum atomic E-state index is -0.0856. The molecule has 1 aliphatic rings. The maximum absolute atomic E-state index is 13.5. The monoisotopic (exact) mass is 416 g/mol. The third kappa shape index (κ3) is 3.26. The Hall–Kier alpha value is -3.61. The van der Waals surface area contributed by atoms with Crippen LogP contribution in [0.25, 0.3) is 28.2 Å². The van der Waals surface area contributed by atoms with E-state index in [-0.39, 0.29) is 11.7 Å². The van der Waals surface area contributed by atoms with Gasteiger partial charge in [-0.15, -0.1) is 0 Å². The molecule has 0 N–H and O–H groups in total. The summed E-state index contributed by atoms with van der Waals surface area (Å²) >= 11 is 0. The number of rotatable bonds is 5. The standard InChI is InChI=1S/C24H24N4O3/c1-30-21-12-11-16(15-22(21)31-2)18-13-14-25-23(26-18)28-20-10-6-5-9-19(20)27(24(28)29)17-7-3-4-8-17/h5-6,9-15,17H,3-4,7-8H2,1-2H3. The van der Waals surface area contributed by atoms with Crippen LogP contribution in [0.5, 0.6) is 11.5 Å². The lowest BCUT2D eigenvalue weighted by Gasteiger charge is -2.11. The Bertz CT molecular complexity index is 1300. The second-order valence-corrected chi connectivity index (χ2v) is 7.73. The highest BCUT2D eigenvalue weighted by atomic mass is 16.5. The first-order valence-corrected chi connectivity index (χ1v) is 10.5. The van der Waals surface area contributed by atoms with E-state index < -0.39 is 0 Å². The summed E-state index contributed by atoms with van der Waals surface area (Å²) in [6, 6.07) is 15.5. The van der Waals surface area contributed by atoms with E-state index in [2.05, 4.69) is 4.98 Å². The van der Waals surface area contributed by atoms with Gasteiger partial charge >= 0.3 is 5.69 Å². The average Bonchev–Trinajstić information content (AvgIpc) is 3.44. The number of hydrogen-bond acceptors (Lipinski definition) is 5. The van der Waals surface area contributed by atoms with Crippen LogP contribution in [-0.2, 0) is 0 Å². The molecule has 31 heavy (non-hydrogen) atoms. The summed E-state index contributed by atoms with van der Waals surface area (Å²) < 4.78 is 14.3. The Kier molecular flexibility index (Phi) is 4.94. The molecule has 7 heteroatoms. The average molecular weight is 416 g/mol. The molecule has 7 nitrogen and oxygen atoms in total. The van der Waals surface area contributed by atoms with Crippen LogP contribution in [0.1, 0.15) is 31.7 Å². The lowest BCUT2D eigenvalue weighted by Crippen LogP contribution is -2.26. The van der Waals surface area contributed by atoms with Gasteiger partial charge in [0.1, 0.15) is 0 Å². The van der Waals surface area contributed by atoms with Crippen molar-refractivity contribution in [2.75, 3.05) is 14.2 Å². The highest BCUT2D eigenvalue weighted by molar-refractivity contribution is 5.78. The minimum absolute atomic E-state index is 0.0856. The van der Waals surface area contributed by atoms with E-state index in [0.29, 0.717) is 23.1 Å². The van der Waals surface area contributed by atoms with Crippen molar-refractivity contribution in [3.8, 4) is 28.7 Å². The fraction of sp³-hybridized carbons (Fsp3) is 0.292. The van der Waals surface area contributed by atoms with E-state index in [0.717, 1.165) is 42.3 Å². The van der Waals surface area contributed by atoms with Gasteiger partial charge in [-0.1, -0.05) is 25.0 Å². The zero-order valence-corrected chi connectivity index (χ0v) is 17.6. The van der Waals surface area contributed by atoms with E-state index in [1.165, 1.54) is 0 Å². The second-order valence-electron chi connectivity index (χ2n) is 7.73. The van der Waals surface area contributed by atoms with Crippen molar-refractivity contribution >= 4 is 11.0 Å². The van der Waals surface area contributed by atoms with Crippen LogP contribution in [0, 0.1) is 0 Å². The summed E-state index contributed by atoms with van der Waals surface area (Å²) in [6.45, 7) is 0. The predicted molar refractivity (Wildman–Crippen MR) is 119 cm³/mol. The molecular formula is C24H24N4O3. The number of benzene rings is 2. The highest BCUT2D eigenvalue weighted by Crippen LogP contribution is 2.33. The molecule has 0 spiro atoms. The fourth-order valence-electron chi connectivity index (χ4n) is 4.49. The van der Waals surface area contributed by atoms with Crippen LogP contribution in [-0.4, -0.2) is 33.3 Å². The summed E-state index contributed by atoms with van der Waals surface area (Å²) in [5, 5.41) is 0. The number of methoxy groups -OCH3 is 2. The van der Waals surface area contributed by atoms with Crippen LogP contribution in [0.2, 0.25) is 0 Å². The van der Waals surface area contributed by atoms with Gasteiger partial charge < -0.3 is 9.47 Å². The van der Waals surface area contributed by atoms with Gasteiger partial charge in [-0.3, -0.25) is 4.57 Å². The summed E-state index contributed by atoms with van der Waals surface area (Å²) in [6.07, 6.45) is 6.05. The number of ether oxygens (including phenoxy) is 2. The van der Waals surface area contributed by atoms with E-state index in [1.54, 1.807) is 25.0 Å². The molecule has 1 saturated carbocycles. The zero-order valence-electron chi connectivity index (χ0n) is 17.6. The first-order valence-electron chi connectivity index (χ1n) is 10.5. The van der Waals surface area contributed by atoms with Gasteiger partial charge in [0, 0.05) is 17.8 Å². The summed E-state index contributed by atoms with van der Waals surface area (Å²) in [5.41, 5.74) is 3.23. The molecule has 2 aromatic carbocycles. The van der Waals surface area contributed by atoms with Crippen LogP contribution in [0.4, 0.5) is 0 Å². The molecule has 0 aliphatic heterocycles. The van der Waals surface area contributed by atoms with Crippen molar-refractivity contribution in [3.05, 3.63) is 65.2 Å². The van der Waals surface area contributed by atoms with Crippen LogP contribution >= 0.6 is 0 Å². The maximum atomic E-state index is 13.5. The van der Waals surface area contributed by atoms with Crippen molar-refractivity contribution in [3.63, 3.8) is 0 Å². The molecule has 0 unspecified atom stereocenters. The van der Waals surface area contributed by atoms with Crippen molar-refractivity contribution < 1.29 is 9.47 Å². The molecule has 0 saturated heterocycles. The molecule has 4 aromatic rings. The Morgan fingerprint density at radius 1 is 0.935 bits per heavy atom. The third-order valence-electron chi connectivity index (χ3n) is 5.99. The van der Waals surface area contributed by atoms with Crippen LogP contribution in [0.3, 0.4) is 0 Å². The second kappa shape index (κ2) is 7.91. The van der Waals surface area contributed by atoms with E-state index in [9.17, 15) is 4.79 Å². The Labute approximate surface area is 179 Å². The van der Waals surface area contributed by atoms with Crippen molar-refractivity contribution in [2.24, 2.45) is 0 Å². The first-order chi connectivity index (χ1) is 15.2. The lowest BCUT2D eigenvalue weighted by atomic mass is 10.1. The fourth-order valence-corrected chi connectivity index (χ4v) is 4.49. The molecule has 0 atom stereocenters. The number of aromatic nitrogens is 4. The smallest absolute Gasteiger partial charge is 0.336 e. The third-order valence-corrected chi connectivity index (χ3v) is 5.99. The largest absolute Gasteiger partial charge is 0.493 e.